The van der Waals surface area contributed by atoms with Gasteiger partial charge >= 0.3 is 0 Å². The van der Waals surface area contributed by atoms with Crippen molar-refractivity contribution < 1.29 is 8.83 Å². The van der Waals surface area contributed by atoms with Gasteiger partial charge in [-0.25, -0.2) is 0 Å². The van der Waals surface area contributed by atoms with Gasteiger partial charge in [0.25, 0.3) is 0 Å². The van der Waals surface area contributed by atoms with Gasteiger partial charge in [-0.3, -0.25) is 0 Å². The molecule has 5 heteroatoms. The van der Waals surface area contributed by atoms with E-state index in [4.69, 9.17) is 8.83 Å². The third kappa shape index (κ3) is 9.50. The molecular formula is C86H63BrN2O2. The monoisotopic (exact) mass is 1230 g/mol. The Balaban J connectivity index is 0.000000123. The zero-order chi connectivity index (χ0) is 61.4. The fraction of sp³-hybridized carbons (Fsp3) is 0.0698. The largest absolute Gasteiger partial charge is 0.454 e. The number of anilines is 5. The molecule has 91 heavy (non-hydrogen) atoms. The van der Waals surface area contributed by atoms with Crippen molar-refractivity contribution in [2.24, 2.45) is 0 Å². The molecule has 2 heterocycles. The summed E-state index contributed by atoms with van der Waals surface area (Å²) < 4.78 is 14.3. The lowest BCUT2D eigenvalue weighted by molar-refractivity contribution is 0.660. The lowest BCUT2D eigenvalue weighted by Gasteiger charge is -2.30. The van der Waals surface area contributed by atoms with Gasteiger partial charge < -0.3 is 19.1 Å². The summed E-state index contributed by atoms with van der Waals surface area (Å²) in [4.78, 5) is 2.42. The van der Waals surface area contributed by atoms with Gasteiger partial charge in [0.15, 0.2) is 11.2 Å². The molecular weight excluding hydrogens is 1170 g/mol. The Labute approximate surface area is 538 Å². The summed E-state index contributed by atoms with van der Waals surface area (Å²) in [5, 5.41) is 13.0. The van der Waals surface area contributed by atoms with Gasteiger partial charge in [-0.05, 0) is 138 Å². The van der Waals surface area contributed by atoms with Crippen molar-refractivity contribution in [1.82, 2.24) is 0 Å². The molecule has 14 aromatic carbocycles. The summed E-state index contributed by atoms with van der Waals surface area (Å²) in [6.07, 6.45) is 0. The fourth-order valence-electron chi connectivity index (χ4n) is 14.4. The number of hydrogen-bond acceptors (Lipinski definition) is 4. The second kappa shape index (κ2) is 22.4. The van der Waals surface area contributed by atoms with Crippen LogP contribution in [0.5, 0.6) is 0 Å². The van der Waals surface area contributed by atoms with Crippen molar-refractivity contribution in [2.75, 3.05) is 10.2 Å². The summed E-state index contributed by atoms with van der Waals surface area (Å²) in [5.41, 5.74) is 24.5. The van der Waals surface area contributed by atoms with Crippen LogP contribution in [0.1, 0.15) is 49.9 Å². The number of hydrogen-bond donors (Lipinski definition) is 1. The van der Waals surface area contributed by atoms with Gasteiger partial charge in [-0.1, -0.05) is 286 Å². The molecule has 18 rings (SSSR count). The number of para-hydroxylation sites is 4. The van der Waals surface area contributed by atoms with E-state index in [1.807, 2.05) is 18.2 Å². The van der Waals surface area contributed by atoms with Gasteiger partial charge in [0.1, 0.15) is 11.2 Å². The molecule has 1 N–H and O–H groups in total. The summed E-state index contributed by atoms with van der Waals surface area (Å²) in [6.45, 7) is 9.28. The first kappa shape index (κ1) is 55.6. The Morgan fingerprint density at radius 2 is 0.758 bits per heavy atom. The Hall–Kier alpha value is -10.7. The Morgan fingerprint density at radius 1 is 0.319 bits per heavy atom. The van der Waals surface area contributed by atoms with Crippen molar-refractivity contribution in [2.45, 2.75) is 38.5 Å². The van der Waals surface area contributed by atoms with E-state index < -0.39 is 0 Å². The second-order valence-electron chi connectivity index (χ2n) is 24.9. The lowest BCUT2D eigenvalue weighted by Crippen LogP contribution is -2.17. The molecule has 0 radical (unpaired) electrons. The SMILES string of the molecule is CC1(C)c2ccccc2-c2ccc(Br)cc21.CC1(C)c2ccccc2-c2ccc(N(c3ccccc3-c3ccccc3)c3cc4ccccc4c4c3oc3ccccc34)cc21.c1ccc(-c2ccccc2Nc2cc3ccccc3c3c2oc2ccccc23)cc1. The van der Waals surface area contributed by atoms with Crippen LogP contribution in [0.25, 0.3) is 110 Å². The number of rotatable bonds is 7. The van der Waals surface area contributed by atoms with Crippen LogP contribution in [0.3, 0.4) is 0 Å². The highest BCUT2D eigenvalue weighted by atomic mass is 79.9. The van der Waals surface area contributed by atoms with Crippen molar-refractivity contribution in [3.63, 3.8) is 0 Å². The van der Waals surface area contributed by atoms with E-state index in [-0.39, 0.29) is 10.8 Å². The molecule has 0 saturated carbocycles. The summed E-state index contributed by atoms with van der Waals surface area (Å²) in [7, 11) is 0. The van der Waals surface area contributed by atoms with Gasteiger partial charge in [-0.15, -0.1) is 0 Å². The van der Waals surface area contributed by atoms with Crippen LogP contribution in [0, 0.1) is 0 Å². The fourth-order valence-corrected chi connectivity index (χ4v) is 14.8. The minimum absolute atomic E-state index is 0.120. The number of nitrogens with zero attached hydrogens (tertiary/aromatic N) is 1. The minimum Gasteiger partial charge on any atom is -0.454 e. The molecule has 0 atom stereocenters. The average molecular weight is 1240 g/mol. The number of nitrogens with one attached hydrogen (secondary N) is 1. The molecule has 0 saturated heterocycles. The van der Waals surface area contributed by atoms with Crippen LogP contribution >= 0.6 is 15.9 Å². The zero-order valence-corrected chi connectivity index (χ0v) is 52.6. The smallest absolute Gasteiger partial charge is 0.160 e. The second-order valence-corrected chi connectivity index (χ2v) is 25.8. The molecule has 0 spiro atoms. The molecule has 2 aromatic heterocycles. The van der Waals surface area contributed by atoms with E-state index in [0.717, 1.165) is 82.4 Å². The molecule has 2 aliphatic carbocycles. The highest BCUT2D eigenvalue weighted by Gasteiger charge is 2.37. The van der Waals surface area contributed by atoms with Crippen LogP contribution in [0.15, 0.2) is 317 Å². The zero-order valence-electron chi connectivity index (χ0n) is 51.0. The van der Waals surface area contributed by atoms with Crippen LogP contribution in [-0.2, 0) is 10.8 Å². The van der Waals surface area contributed by atoms with Gasteiger partial charge in [0.2, 0.25) is 0 Å². The lowest BCUT2D eigenvalue weighted by atomic mass is 9.82. The highest BCUT2D eigenvalue weighted by molar-refractivity contribution is 9.10. The van der Waals surface area contributed by atoms with E-state index in [1.54, 1.807) is 0 Å². The predicted octanol–water partition coefficient (Wildman–Crippen LogP) is 25.1. The van der Waals surface area contributed by atoms with Crippen molar-refractivity contribution in [3.8, 4) is 44.5 Å². The number of halogens is 1. The van der Waals surface area contributed by atoms with Crippen molar-refractivity contribution >= 4 is 110 Å². The summed E-state index contributed by atoms with van der Waals surface area (Å²) in [5.74, 6) is 0. The number of benzene rings is 14. The molecule has 0 unspecified atom stereocenters. The van der Waals surface area contributed by atoms with Crippen LogP contribution in [-0.4, -0.2) is 0 Å². The standard InChI is InChI=1S/C43H31NO.C28H19NO.C15H13Br/c1-43(2)36-21-11-8-19-33(36)34-25-24-30(27-37(34)43)44(38-22-12-9-17-31(38)28-14-4-3-5-15-28)39-26-29-16-6-7-18-32(29)41-35-20-10-13-23-40(35)45-42(39)41;1-2-10-19(11-3-1)21-13-6-8-16-24(21)29-25-18-20-12-4-5-14-22(20)27-23-15-7-9-17-26(23)30-28(25)27;1-15(2)13-6-4-3-5-11(13)12-8-7-10(16)9-14(12)15/h3-27H,1-2H3;1-18,29H;3-9H,1-2H3. The molecule has 2 aliphatic rings. The normalized spacial score (nSPS) is 13.1. The third-order valence-corrected chi connectivity index (χ3v) is 19.3. The third-order valence-electron chi connectivity index (χ3n) is 18.8. The van der Waals surface area contributed by atoms with E-state index in [0.29, 0.717) is 0 Å². The number of fused-ring (bicyclic) bond motifs is 16. The molecule has 16 aromatic rings. The topological polar surface area (TPSA) is 41.6 Å². The maximum atomic E-state index is 6.80. The average Bonchev–Trinajstić information content (AvgIpc) is 1.68. The Kier molecular flexibility index (Phi) is 13.7. The minimum atomic E-state index is -0.120. The van der Waals surface area contributed by atoms with E-state index >= 15 is 0 Å². The molecule has 0 fully saturated rings. The van der Waals surface area contributed by atoms with E-state index in [2.05, 4.69) is 339 Å². The van der Waals surface area contributed by atoms with Gasteiger partial charge in [-0.2, -0.15) is 0 Å². The molecule has 436 valence electrons. The maximum absolute atomic E-state index is 6.80. The first-order chi connectivity index (χ1) is 44.6. The van der Waals surface area contributed by atoms with E-state index in [1.165, 1.54) is 82.7 Å². The van der Waals surface area contributed by atoms with Crippen LogP contribution in [0.2, 0.25) is 0 Å². The molecule has 0 aliphatic heterocycles. The van der Waals surface area contributed by atoms with Gasteiger partial charge in [0.05, 0.1) is 17.1 Å². The Bertz CT molecular complexity index is 5480. The van der Waals surface area contributed by atoms with Crippen molar-refractivity contribution in [3.05, 3.63) is 330 Å². The maximum Gasteiger partial charge on any atom is 0.160 e. The van der Waals surface area contributed by atoms with E-state index in [9.17, 15) is 0 Å². The number of furan rings is 2. The molecule has 4 nitrogen and oxygen atoms in total. The van der Waals surface area contributed by atoms with Crippen molar-refractivity contribution in [1.29, 1.82) is 0 Å². The molecule has 0 bridgehead atoms. The first-order valence-electron chi connectivity index (χ1n) is 31.2. The summed E-state index contributed by atoms with van der Waals surface area (Å²) >= 11 is 3.56. The van der Waals surface area contributed by atoms with Gasteiger partial charge in [0, 0.05) is 59.3 Å². The van der Waals surface area contributed by atoms with Crippen LogP contribution in [0.4, 0.5) is 28.4 Å². The van der Waals surface area contributed by atoms with Crippen LogP contribution < -0.4 is 10.2 Å². The predicted molar refractivity (Wildman–Crippen MR) is 387 cm³/mol. The quantitative estimate of drug-likeness (QED) is 0.173. The molecule has 0 amide bonds. The summed E-state index contributed by atoms with van der Waals surface area (Å²) in [6, 6.07) is 108. The first-order valence-corrected chi connectivity index (χ1v) is 32.0. The highest BCUT2D eigenvalue weighted by Crippen LogP contribution is 2.54. The Morgan fingerprint density at radius 3 is 1.38 bits per heavy atom.